The number of ether oxygens (including phenoxy) is 1. The second-order valence-corrected chi connectivity index (χ2v) is 5.45. The first-order chi connectivity index (χ1) is 9.66. The Morgan fingerprint density at radius 2 is 2.20 bits per heavy atom. The average Bonchev–Trinajstić information content (AvgIpc) is 2.85. The molecule has 2 amide bonds. The van der Waals surface area contributed by atoms with Crippen LogP contribution in [0.2, 0.25) is 0 Å². The van der Waals surface area contributed by atoms with E-state index in [4.69, 9.17) is 4.74 Å². The van der Waals surface area contributed by atoms with E-state index in [0.29, 0.717) is 37.9 Å². The Balaban J connectivity index is 1.66. The van der Waals surface area contributed by atoms with Gasteiger partial charge in [-0.3, -0.25) is 14.7 Å². The lowest BCUT2D eigenvalue weighted by Gasteiger charge is -2.26. The van der Waals surface area contributed by atoms with E-state index in [2.05, 4.69) is 15.5 Å². The zero-order valence-corrected chi connectivity index (χ0v) is 12.2. The Kier molecular flexibility index (Phi) is 5.42. The van der Waals surface area contributed by atoms with E-state index in [0.717, 1.165) is 5.56 Å². The molecule has 8 heteroatoms. The number of thioether (sulfide) groups is 1. The number of nitrogens with zero attached hydrogens (tertiary/aromatic N) is 2. The first-order valence-electron chi connectivity index (χ1n) is 6.40. The number of rotatable bonds is 5. The topological polar surface area (TPSA) is 87.3 Å². The number of hydrogen-bond acceptors (Lipinski definition) is 5. The highest BCUT2D eigenvalue weighted by Gasteiger charge is 2.17. The molecule has 7 nitrogen and oxygen atoms in total. The lowest BCUT2D eigenvalue weighted by atomic mass is 10.4. The van der Waals surface area contributed by atoms with E-state index in [1.165, 1.54) is 11.8 Å². The molecule has 1 aromatic rings. The van der Waals surface area contributed by atoms with Crippen LogP contribution in [-0.2, 0) is 14.3 Å². The number of hydrogen-bond donors (Lipinski definition) is 2. The van der Waals surface area contributed by atoms with Crippen LogP contribution in [0, 0.1) is 6.92 Å². The van der Waals surface area contributed by atoms with Gasteiger partial charge in [0.2, 0.25) is 11.8 Å². The molecular weight excluding hydrogens is 280 g/mol. The summed E-state index contributed by atoms with van der Waals surface area (Å²) in [6.07, 6.45) is 1.64. The SMILES string of the molecule is Cc1cn[nH]c1NC(=O)CSCC(=O)N1CCOCC1. The molecule has 0 saturated carbocycles. The summed E-state index contributed by atoms with van der Waals surface area (Å²) >= 11 is 1.31. The third-order valence-electron chi connectivity index (χ3n) is 2.92. The number of amides is 2. The maximum Gasteiger partial charge on any atom is 0.235 e. The van der Waals surface area contributed by atoms with Crippen molar-refractivity contribution >= 4 is 29.4 Å². The van der Waals surface area contributed by atoms with Crippen LogP contribution in [0.25, 0.3) is 0 Å². The number of aromatic amines is 1. The Bertz CT molecular complexity index is 471. The number of H-pyrrole nitrogens is 1. The van der Waals surface area contributed by atoms with Crippen molar-refractivity contribution in [3.63, 3.8) is 0 Å². The molecule has 0 bridgehead atoms. The molecule has 2 N–H and O–H groups in total. The molecule has 1 aliphatic rings. The third kappa shape index (κ3) is 4.24. The van der Waals surface area contributed by atoms with Crippen molar-refractivity contribution in [1.29, 1.82) is 0 Å². The van der Waals surface area contributed by atoms with Crippen LogP contribution < -0.4 is 5.32 Å². The van der Waals surface area contributed by atoms with E-state index in [9.17, 15) is 9.59 Å². The van der Waals surface area contributed by atoms with Gasteiger partial charge in [0, 0.05) is 18.7 Å². The summed E-state index contributed by atoms with van der Waals surface area (Å²) < 4.78 is 5.19. The normalized spacial score (nSPS) is 15.2. The van der Waals surface area contributed by atoms with E-state index in [-0.39, 0.29) is 17.6 Å². The largest absolute Gasteiger partial charge is 0.378 e. The minimum absolute atomic E-state index is 0.0591. The summed E-state index contributed by atoms with van der Waals surface area (Å²) in [6.45, 7) is 4.32. The van der Waals surface area contributed by atoms with Crippen molar-refractivity contribution in [3.8, 4) is 0 Å². The van der Waals surface area contributed by atoms with Gasteiger partial charge in [0.05, 0.1) is 30.9 Å². The highest BCUT2D eigenvalue weighted by molar-refractivity contribution is 8.00. The number of carbonyl (C=O) groups is 2. The number of anilines is 1. The molecule has 0 aliphatic carbocycles. The van der Waals surface area contributed by atoms with Gasteiger partial charge in [-0.15, -0.1) is 11.8 Å². The number of morpholine rings is 1. The summed E-state index contributed by atoms with van der Waals surface area (Å²) in [6, 6.07) is 0. The van der Waals surface area contributed by atoms with Crippen molar-refractivity contribution in [3.05, 3.63) is 11.8 Å². The number of carbonyl (C=O) groups excluding carboxylic acids is 2. The highest BCUT2D eigenvalue weighted by Crippen LogP contribution is 2.10. The van der Waals surface area contributed by atoms with Gasteiger partial charge in [0.1, 0.15) is 5.82 Å². The van der Waals surface area contributed by atoms with Gasteiger partial charge in [-0.1, -0.05) is 0 Å². The zero-order chi connectivity index (χ0) is 14.4. The standard InChI is InChI=1S/C12H18N4O3S/c1-9-6-13-15-12(9)14-10(17)7-20-8-11(18)16-2-4-19-5-3-16/h6H,2-5,7-8H2,1H3,(H2,13,14,15,17). The molecule has 0 spiro atoms. The van der Waals surface area contributed by atoms with Gasteiger partial charge >= 0.3 is 0 Å². The molecular formula is C12H18N4O3S. The van der Waals surface area contributed by atoms with Crippen LogP contribution in [-0.4, -0.2) is 64.7 Å². The molecule has 0 aromatic carbocycles. The summed E-state index contributed by atoms with van der Waals surface area (Å²) in [5.74, 6) is 1.08. The molecule has 20 heavy (non-hydrogen) atoms. The minimum atomic E-state index is -0.142. The third-order valence-corrected chi connectivity index (χ3v) is 3.83. The van der Waals surface area contributed by atoms with Gasteiger partial charge in [-0.25, -0.2) is 0 Å². The molecule has 2 heterocycles. The predicted molar refractivity (Wildman–Crippen MR) is 76.7 cm³/mol. The average molecular weight is 298 g/mol. The van der Waals surface area contributed by atoms with Crippen molar-refractivity contribution in [2.75, 3.05) is 43.1 Å². The molecule has 1 saturated heterocycles. The summed E-state index contributed by atoms with van der Waals surface area (Å²) in [7, 11) is 0. The second kappa shape index (κ2) is 7.30. The predicted octanol–water partition coefficient (Wildman–Crippen LogP) is 0.249. The Morgan fingerprint density at radius 1 is 1.45 bits per heavy atom. The van der Waals surface area contributed by atoms with Crippen molar-refractivity contribution < 1.29 is 14.3 Å². The Morgan fingerprint density at radius 3 is 2.85 bits per heavy atom. The fraction of sp³-hybridized carbons (Fsp3) is 0.583. The van der Waals surface area contributed by atoms with Crippen molar-refractivity contribution in [2.24, 2.45) is 0 Å². The summed E-state index contributed by atoms with van der Waals surface area (Å²) in [4.78, 5) is 25.3. The fourth-order valence-corrected chi connectivity index (χ4v) is 2.50. The monoisotopic (exact) mass is 298 g/mol. The van der Waals surface area contributed by atoms with E-state index in [1.54, 1.807) is 11.1 Å². The van der Waals surface area contributed by atoms with Gasteiger partial charge in [0.15, 0.2) is 0 Å². The Labute approximate surface area is 121 Å². The second-order valence-electron chi connectivity index (χ2n) is 4.46. The number of aryl methyl sites for hydroxylation is 1. The Hall–Kier alpha value is -1.54. The molecule has 110 valence electrons. The molecule has 2 rings (SSSR count). The maximum atomic E-state index is 11.9. The molecule has 1 aromatic heterocycles. The fourth-order valence-electron chi connectivity index (χ4n) is 1.78. The van der Waals surface area contributed by atoms with Crippen molar-refractivity contribution in [2.45, 2.75) is 6.92 Å². The van der Waals surface area contributed by atoms with Gasteiger partial charge in [-0.2, -0.15) is 5.10 Å². The molecule has 1 aliphatic heterocycles. The van der Waals surface area contributed by atoms with E-state index < -0.39 is 0 Å². The van der Waals surface area contributed by atoms with Gasteiger partial charge in [0.25, 0.3) is 0 Å². The first-order valence-corrected chi connectivity index (χ1v) is 7.55. The molecule has 0 unspecified atom stereocenters. The quantitative estimate of drug-likeness (QED) is 0.813. The maximum absolute atomic E-state index is 11.9. The van der Waals surface area contributed by atoms with Crippen LogP contribution in [0.5, 0.6) is 0 Å². The lowest BCUT2D eigenvalue weighted by Crippen LogP contribution is -2.41. The first kappa shape index (κ1) is 14.9. The van der Waals surface area contributed by atoms with Gasteiger partial charge in [-0.05, 0) is 6.92 Å². The van der Waals surface area contributed by atoms with Gasteiger partial charge < -0.3 is 15.0 Å². The summed E-state index contributed by atoms with van der Waals surface area (Å²) in [5, 5.41) is 9.25. The van der Waals surface area contributed by atoms with Crippen LogP contribution in [0.15, 0.2) is 6.20 Å². The molecule has 1 fully saturated rings. The summed E-state index contributed by atoms with van der Waals surface area (Å²) in [5.41, 5.74) is 0.882. The highest BCUT2D eigenvalue weighted by atomic mass is 32.2. The molecule has 0 atom stereocenters. The van der Waals surface area contributed by atoms with Crippen molar-refractivity contribution in [1.82, 2.24) is 15.1 Å². The van der Waals surface area contributed by atoms with Crippen LogP contribution in [0.4, 0.5) is 5.82 Å². The van der Waals surface area contributed by atoms with E-state index in [1.807, 2.05) is 6.92 Å². The van der Waals surface area contributed by atoms with Crippen LogP contribution >= 0.6 is 11.8 Å². The van der Waals surface area contributed by atoms with Crippen LogP contribution in [0.3, 0.4) is 0 Å². The molecule has 0 radical (unpaired) electrons. The lowest BCUT2D eigenvalue weighted by molar-refractivity contribution is -0.132. The number of nitrogens with one attached hydrogen (secondary N) is 2. The zero-order valence-electron chi connectivity index (χ0n) is 11.3. The van der Waals surface area contributed by atoms with Crippen LogP contribution in [0.1, 0.15) is 5.56 Å². The number of aromatic nitrogens is 2. The van der Waals surface area contributed by atoms with E-state index >= 15 is 0 Å². The minimum Gasteiger partial charge on any atom is -0.378 e. The smallest absolute Gasteiger partial charge is 0.235 e.